The van der Waals surface area contributed by atoms with Gasteiger partial charge in [0.25, 0.3) is 0 Å². The van der Waals surface area contributed by atoms with E-state index in [0.717, 1.165) is 0 Å². The molecule has 23 heavy (non-hydrogen) atoms. The van der Waals surface area contributed by atoms with Gasteiger partial charge in [-0.3, -0.25) is 0 Å². The van der Waals surface area contributed by atoms with Crippen molar-refractivity contribution in [3.8, 4) is 0 Å². The third kappa shape index (κ3) is 13.7. The summed E-state index contributed by atoms with van der Waals surface area (Å²) in [6, 6.07) is 0. The van der Waals surface area contributed by atoms with E-state index in [0.29, 0.717) is 6.42 Å². The van der Waals surface area contributed by atoms with Crippen molar-refractivity contribution >= 4 is 12.3 Å². The van der Waals surface area contributed by atoms with E-state index in [1.165, 1.54) is 7.11 Å². The van der Waals surface area contributed by atoms with Crippen LogP contribution >= 0.6 is 0 Å². The van der Waals surface area contributed by atoms with Gasteiger partial charge in [-0.25, -0.2) is 19.5 Å². The van der Waals surface area contributed by atoms with Crippen LogP contribution in [0, 0.1) is 0 Å². The molecule has 0 aromatic carbocycles. The van der Waals surface area contributed by atoms with Gasteiger partial charge in [0.1, 0.15) is 0 Å². The van der Waals surface area contributed by atoms with Crippen molar-refractivity contribution in [2.45, 2.75) is 52.2 Å². The Balaban J connectivity index is 3.60. The maximum atomic E-state index is 11.0. The molecule has 0 atom stereocenters. The van der Waals surface area contributed by atoms with E-state index >= 15 is 0 Å². The normalized spacial score (nSPS) is 11.7. The van der Waals surface area contributed by atoms with Crippen LogP contribution in [0.25, 0.3) is 0 Å². The van der Waals surface area contributed by atoms with Crippen molar-refractivity contribution in [3.63, 3.8) is 0 Å². The first-order valence-corrected chi connectivity index (χ1v) is 6.52. The van der Waals surface area contributed by atoms with Gasteiger partial charge in [0, 0.05) is 23.6 Å². The molecule has 0 N–H and O–H groups in total. The highest BCUT2D eigenvalue weighted by molar-refractivity contribution is 5.59. The highest BCUT2D eigenvalue weighted by atomic mass is 17.7. The summed E-state index contributed by atoms with van der Waals surface area (Å²) in [5.74, 6) is 0. The number of methoxy groups -OCH3 is 1. The Morgan fingerprint density at radius 3 is 1.87 bits per heavy atom. The summed E-state index contributed by atoms with van der Waals surface area (Å²) in [5, 5.41) is 11.6. The van der Waals surface area contributed by atoms with Crippen LogP contribution in [-0.2, 0) is 44.1 Å². The molecule has 0 aliphatic rings. The molecule has 0 fully saturated rings. The standard InChI is InChI=1S/C12H22O11/c1-11(2,3)20-21-18-10(14)19-23-22-17-9(13)16-8-7-12(4,5)15-6/h7-8H2,1-6H3. The third-order valence-electron chi connectivity index (χ3n) is 2.09. The molecule has 0 aromatic rings. The molecule has 0 bridgehead atoms. The van der Waals surface area contributed by atoms with Gasteiger partial charge in [-0.15, -0.1) is 0 Å². The SMILES string of the molecule is COC(C)(C)CCOC(=O)OOOOC(=O)OOOC(C)(C)C. The van der Waals surface area contributed by atoms with Gasteiger partial charge in [0.05, 0.1) is 17.8 Å². The molecule has 0 heterocycles. The van der Waals surface area contributed by atoms with E-state index in [9.17, 15) is 9.59 Å². The van der Waals surface area contributed by atoms with E-state index in [2.05, 4.69) is 39.4 Å². The average molecular weight is 342 g/mol. The predicted molar refractivity (Wildman–Crippen MR) is 69.8 cm³/mol. The molecule has 0 spiro atoms. The van der Waals surface area contributed by atoms with Crippen molar-refractivity contribution in [1.82, 2.24) is 0 Å². The van der Waals surface area contributed by atoms with Gasteiger partial charge in [0.2, 0.25) is 0 Å². The molecule has 0 aromatic heterocycles. The molecular weight excluding hydrogens is 320 g/mol. The summed E-state index contributed by atoms with van der Waals surface area (Å²) < 4.78 is 9.74. The molecule has 11 heteroatoms. The Morgan fingerprint density at radius 2 is 1.35 bits per heavy atom. The topological polar surface area (TPSA) is 117 Å². The number of hydrogen-bond acceptors (Lipinski definition) is 11. The van der Waals surface area contributed by atoms with Crippen LogP contribution in [0.1, 0.15) is 41.0 Å². The minimum atomic E-state index is -1.46. The van der Waals surface area contributed by atoms with Crippen LogP contribution in [0.2, 0.25) is 0 Å². The summed E-state index contributed by atoms with van der Waals surface area (Å²) in [6.07, 6.45) is -2.25. The fourth-order valence-electron chi connectivity index (χ4n) is 0.750. The van der Waals surface area contributed by atoms with E-state index in [-0.39, 0.29) is 6.61 Å². The number of carbonyl (C=O) groups is 2. The summed E-state index contributed by atoms with van der Waals surface area (Å²) in [4.78, 5) is 38.3. The zero-order valence-corrected chi connectivity index (χ0v) is 13.9. The zero-order valence-electron chi connectivity index (χ0n) is 13.9. The van der Waals surface area contributed by atoms with Gasteiger partial charge in [-0.1, -0.05) is 0 Å². The van der Waals surface area contributed by atoms with Gasteiger partial charge in [-0.05, 0) is 39.7 Å². The number of rotatable bonds is 9. The average Bonchev–Trinajstić information content (AvgIpc) is 2.42. The summed E-state index contributed by atoms with van der Waals surface area (Å²) >= 11 is 0. The summed E-state index contributed by atoms with van der Waals surface area (Å²) in [6.45, 7) is 8.58. The molecule has 0 unspecified atom stereocenters. The van der Waals surface area contributed by atoms with Crippen molar-refractivity contribution in [1.29, 1.82) is 0 Å². The lowest BCUT2D eigenvalue weighted by Crippen LogP contribution is -2.25. The van der Waals surface area contributed by atoms with Gasteiger partial charge in [-0.2, -0.15) is 9.68 Å². The molecule has 0 aliphatic heterocycles. The Kier molecular flexibility index (Phi) is 9.44. The number of carbonyl (C=O) groups excluding carboxylic acids is 2. The zero-order chi connectivity index (χ0) is 17.9. The molecule has 0 rings (SSSR count). The fraction of sp³-hybridized carbons (Fsp3) is 0.833. The largest absolute Gasteiger partial charge is 0.577 e. The van der Waals surface area contributed by atoms with Crippen molar-refractivity contribution in [2.75, 3.05) is 13.7 Å². The number of hydrogen-bond donors (Lipinski definition) is 0. The monoisotopic (exact) mass is 342 g/mol. The predicted octanol–water partition coefficient (Wildman–Crippen LogP) is 2.55. The Labute approximate surface area is 133 Å². The highest BCUT2D eigenvalue weighted by Crippen LogP contribution is 2.12. The molecule has 0 saturated heterocycles. The van der Waals surface area contributed by atoms with E-state index in [4.69, 9.17) is 4.74 Å². The van der Waals surface area contributed by atoms with Crippen molar-refractivity contribution in [2.24, 2.45) is 0 Å². The van der Waals surface area contributed by atoms with Gasteiger partial charge < -0.3 is 9.47 Å². The van der Waals surface area contributed by atoms with E-state index < -0.39 is 23.5 Å². The van der Waals surface area contributed by atoms with Gasteiger partial charge >= 0.3 is 12.3 Å². The first-order chi connectivity index (χ1) is 10.6. The van der Waals surface area contributed by atoms with Crippen LogP contribution in [0.4, 0.5) is 9.59 Å². The first-order valence-electron chi connectivity index (χ1n) is 6.52. The molecule has 0 radical (unpaired) electrons. The Hall–Kier alpha value is -1.66. The second-order valence-electron chi connectivity index (χ2n) is 5.71. The lowest BCUT2D eigenvalue weighted by atomic mass is 10.1. The maximum Gasteiger partial charge on any atom is 0.577 e. The van der Waals surface area contributed by atoms with Crippen LogP contribution in [0.15, 0.2) is 0 Å². The van der Waals surface area contributed by atoms with Crippen LogP contribution < -0.4 is 0 Å². The second-order valence-corrected chi connectivity index (χ2v) is 5.71. The quantitative estimate of drug-likeness (QED) is 0.266. The van der Waals surface area contributed by atoms with E-state index in [1.807, 2.05) is 13.8 Å². The Bertz CT molecular complexity index is 361. The van der Waals surface area contributed by atoms with Crippen molar-refractivity contribution < 1.29 is 53.7 Å². The molecule has 11 nitrogen and oxygen atoms in total. The lowest BCUT2D eigenvalue weighted by Gasteiger charge is -2.21. The van der Waals surface area contributed by atoms with Crippen LogP contribution in [0.3, 0.4) is 0 Å². The first kappa shape index (κ1) is 21.3. The number of ether oxygens (including phenoxy) is 2. The summed E-state index contributed by atoms with van der Waals surface area (Å²) in [5.41, 5.74) is -1.17. The molecule has 0 aliphatic carbocycles. The molecular formula is C12H22O11. The van der Waals surface area contributed by atoms with E-state index in [1.54, 1.807) is 20.8 Å². The molecule has 0 amide bonds. The fourth-order valence-corrected chi connectivity index (χ4v) is 0.750. The van der Waals surface area contributed by atoms with Crippen LogP contribution in [-0.4, -0.2) is 37.2 Å². The summed E-state index contributed by atoms with van der Waals surface area (Å²) in [7, 11) is 1.53. The minimum absolute atomic E-state index is 0.0178. The van der Waals surface area contributed by atoms with Gasteiger partial charge in [0.15, 0.2) is 0 Å². The second kappa shape index (κ2) is 10.2. The maximum absolute atomic E-state index is 11.0. The Morgan fingerprint density at radius 1 is 0.826 bits per heavy atom. The molecule has 0 saturated carbocycles. The molecule has 136 valence electrons. The smallest absolute Gasteiger partial charge is 0.432 e. The highest BCUT2D eigenvalue weighted by Gasteiger charge is 2.18. The van der Waals surface area contributed by atoms with Crippen LogP contribution in [0.5, 0.6) is 0 Å². The minimum Gasteiger partial charge on any atom is -0.432 e. The third-order valence-corrected chi connectivity index (χ3v) is 2.09. The lowest BCUT2D eigenvalue weighted by molar-refractivity contribution is -0.610. The van der Waals surface area contributed by atoms with Crippen molar-refractivity contribution in [3.05, 3.63) is 0 Å².